The van der Waals surface area contributed by atoms with E-state index in [9.17, 15) is 0 Å². The number of aromatic nitrogens is 2. The molecular formula is C10H17N3. The first-order chi connectivity index (χ1) is 6.30. The van der Waals surface area contributed by atoms with Crippen LogP contribution in [0.15, 0.2) is 6.07 Å². The van der Waals surface area contributed by atoms with E-state index in [2.05, 4.69) is 29.9 Å². The smallest absolute Gasteiger partial charge is 0.130 e. The molecule has 0 atom stereocenters. The van der Waals surface area contributed by atoms with Crippen molar-refractivity contribution in [1.29, 1.82) is 0 Å². The lowest BCUT2D eigenvalue weighted by atomic mass is 10.2. The highest BCUT2D eigenvalue weighted by Crippen LogP contribution is 2.03. The Morgan fingerprint density at radius 1 is 1.15 bits per heavy atom. The Morgan fingerprint density at radius 3 is 2.08 bits per heavy atom. The number of nitrogens with zero attached hydrogens (tertiary/aromatic N) is 2. The molecule has 72 valence electrons. The molecule has 0 aliphatic heterocycles. The minimum absolute atomic E-state index is 0.621. The molecule has 0 unspecified atom stereocenters. The van der Waals surface area contributed by atoms with Gasteiger partial charge in [0.2, 0.25) is 0 Å². The van der Waals surface area contributed by atoms with E-state index in [4.69, 9.17) is 5.73 Å². The van der Waals surface area contributed by atoms with E-state index >= 15 is 0 Å². The Morgan fingerprint density at radius 2 is 1.69 bits per heavy atom. The van der Waals surface area contributed by atoms with Crippen molar-refractivity contribution in [2.75, 3.05) is 6.54 Å². The normalized spacial score (nSPS) is 10.4. The Labute approximate surface area is 79.4 Å². The monoisotopic (exact) mass is 179 g/mol. The fourth-order valence-corrected chi connectivity index (χ4v) is 1.22. The molecule has 0 amide bonds. The summed E-state index contributed by atoms with van der Waals surface area (Å²) in [6.07, 6.45) is 2.71. The maximum Gasteiger partial charge on any atom is 0.130 e. The van der Waals surface area contributed by atoms with Crippen LogP contribution in [0.4, 0.5) is 0 Å². The van der Waals surface area contributed by atoms with Crippen molar-refractivity contribution in [1.82, 2.24) is 9.97 Å². The van der Waals surface area contributed by atoms with Gasteiger partial charge in [0.25, 0.3) is 0 Å². The third-order valence-corrected chi connectivity index (χ3v) is 1.97. The summed E-state index contributed by atoms with van der Waals surface area (Å²) in [6, 6.07) is 2.07. The first-order valence-corrected chi connectivity index (χ1v) is 4.85. The van der Waals surface area contributed by atoms with Gasteiger partial charge in [0.15, 0.2) is 0 Å². The van der Waals surface area contributed by atoms with Crippen LogP contribution in [-0.4, -0.2) is 16.5 Å². The third-order valence-electron chi connectivity index (χ3n) is 1.97. The largest absolute Gasteiger partial charge is 0.330 e. The number of aryl methyl sites for hydroxylation is 2. The zero-order valence-electron chi connectivity index (χ0n) is 8.38. The summed E-state index contributed by atoms with van der Waals surface area (Å²) in [6.45, 7) is 4.83. The minimum atomic E-state index is 0.621. The zero-order valence-corrected chi connectivity index (χ0v) is 8.38. The molecule has 13 heavy (non-hydrogen) atoms. The molecule has 0 radical (unpaired) electrons. The molecule has 0 bridgehead atoms. The molecule has 1 heterocycles. The van der Waals surface area contributed by atoms with Crippen molar-refractivity contribution in [3.8, 4) is 0 Å². The lowest BCUT2D eigenvalue weighted by Crippen LogP contribution is -2.09. The fraction of sp³-hybridized carbons (Fsp3) is 0.600. The summed E-state index contributed by atoms with van der Waals surface area (Å²) in [4.78, 5) is 8.80. The third kappa shape index (κ3) is 2.77. The van der Waals surface area contributed by atoms with Crippen molar-refractivity contribution in [2.45, 2.75) is 33.1 Å². The van der Waals surface area contributed by atoms with Gasteiger partial charge in [0, 0.05) is 17.8 Å². The molecule has 2 N–H and O–H groups in total. The van der Waals surface area contributed by atoms with Crippen molar-refractivity contribution >= 4 is 0 Å². The van der Waals surface area contributed by atoms with Gasteiger partial charge in [-0.3, -0.25) is 0 Å². The number of nitrogens with two attached hydrogens (primary N) is 1. The second kappa shape index (κ2) is 4.92. The molecular weight excluding hydrogens is 162 g/mol. The van der Waals surface area contributed by atoms with E-state index in [1.165, 1.54) is 0 Å². The molecule has 0 saturated carbocycles. The van der Waals surface area contributed by atoms with E-state index < -0.39 is 0 Å². The first kappa shape index (κ1) is 10.1. The Hall–Kier alpha value is -0.960. The zero-order chi connectivity index (χ0) is 9.68. The maximum absolute atomic E-state index is 5.46. The van der Waals surface area contributed by atoms with Gasteiger partial charge in [-0.1, -0.05) is 13.8 Å². The van der Waals surface area contributed by atoms with Crippen LogP contribution < -0.4 is 5.73 Å². The Balaban J connectivity index is 2.93. The predicted octanol–water partition coefficient (Wildman–Crippen LogP) is 1.10. The topological polar surface area (TPSA) is 51.8 Å². The standard InChI is InChI=1S/C10H17N3/c1-3-8-7-9(4-2)13-10(12-8)5-6-11/h7H,3-6,11H2,1-2H3. The van der Waals surface area contributed by atoms with E-state index in [-0.39, 0.29) is 0 Å². The van der Waals surface area contributed by atoms with Crippen molar-refractivity contribution in [2.24, 2.45) is 5.73 Å². The molecule has 0 saturated heterocycles. The molecule has 3 heteroatoms. The van der Waals surface area contributed by atoms with Crippen molar-refractivity contribution in [3.63, 3.8) is 0 Å². The summed E-state index contributed by atoms with van der Waals surface area (Å²) in [5.41, 5.74) is 7.70. The molecule has 1 aromatic heterocycles. The highest BCUT2D eigenvalue weighted by atomic mass is 14.9. The lowest BCUT2D eigenvalue weighted by molar-refractivity contribution is 0.813. The summed E-state index contributed by atoms with van der Waals surface area (Å²) in [5.74, 6) is 0.888. The van der Waals surface area contributed by atoms with Gasteiger partial charge in [-0.15, -0.1) is 0 Å². The highest BCUT2D eigenvalue weighted by Gasteiger charge is 2.01. The summed E-state index contributed by atoms with van der Waals surface area (Å²) in [7, 11) is 0. The van der Waals surface area contributed by atoms with Crippen LogP contribution in [0.3, 0.4) is 0 Å². The summed E-state index contributed by atoms with van der Waals surface area (Å²) in [5, 5.41) is 0. The predicted molar refractivity (Wildman–Crippen MR) is 53.5 cm³/mol. The van der Waals surface area contributed by atoms with Gasteiger partial charge in [0.05, 0.1) is 0 Å². The Bertz CT molecular complexity index is 249. The second-order valence-corrected chi connectivity index (χ2v) is 3.01. The van der Waals surface area contributed by atoms with Crippen LogP contribution >= 0.6 is 0 Å². The van der Waals surface area contributed by atoms with Crippen LogP contribution in [-0.2, 0) is 19.3 Å². The quantitative estimate of drug-likeness (QED) is 0.753. The number of rotatable bonds is 4. The maximum atomic E-state index is 5.46. The SMILES string of the molecule is CCc1cc(CC)nc(CCN)n1. The van der Waals surface area contributed by atoms with Crippen molar-refractivity contribution in [3.05, 3.63) is 23.3 Å². The van der Waals surface area contributed by atoms with Gasteiger partial charge < -0.3 is 5.73 Å². The molecule has 0 fully saturated rings. The minimum Gasteiger partial charge on any atom is -0.330 e. The molecule has 0 aromatic carbocycles. The average Bonchev–Trinajstić information content (AvgIpc) is 2.17. The van der Waals surface area contributed by atoms with Crippen molar-refractivity contribution < 1.29 is 0 Å². The second-order valence-electron chi connectivity index (χ2n) is 3.01. The van der Waals surface area contributed by atoms with E-state index in [1.54, 1.807) is 0 Å². The van der Waals surface area contributed by atoms with Gasteiger partial charge in [-0.05, 0) is 25.5 Å². The molecule has 0 aliphatic rings. The van der Waals surface area contributed by atoms with Gasteiger partial charge in [-0.25, -0.2) is 9.97 Å². The molecule has 0 spiro atoms. The molecule has 3 nitrogen and oxygen atoms in total. The highest BCUT2D eigenvalue weighted by molar-refractivity contribution is 5.11. The van der Waals surface area contributed by atoms with Crippen LogP contribution in [0.25, 0.3) is 0 Å². The fourth-order valence-electron chi connectivity index (χ4n) is 1.22. The van der Waals surface area contributed by atoms with Gasteiger partial charge in [0.1, 0.15) is 5.82 Å². The van der Waals surface area contributed by atoms with E-state index in [1.807, 2.05) is 0 Å². The van der Waals surface area contributed by atoms with Crippen LogP contribution in [0.5, 0.6) is 0 Å². The molecule has 0 aliphatic carbocycles. The molecule has 1 aromatic rings. The number of hydrogen-bond donors (Lipinski definition) is 1. The number of hydrogen-bond acceptors (Lipinski definition) is 3. The van der Waals surface area contributed by atoms with Gasteiger partial charge >= 0.3 is 0 Å². The van der Waals surface area contributed by atoms with E-state index in [0.717, 1.165) is 36.5 Å². The van der Waals surface area contributed by atoms with Crippen LogP contribution in [0.1, 0.15) is 31.1 Å². The summed E-state index contributed by atoms with van der Waals surface area (Å²) >= 11 is 0. The van der Waals surface area contributed by atoms with Crippen LogP contribution in [0.2, 0.25) is 0 Å². The van der Waals surface area contributed by atoms with E-state index in [0.29, 0.717) is 6.54 Å². The lowest BCUT2D eigenvalue weighted by Gasteiger charge is -2.04. The first-order valence-electron chi connectivity index (χ1n) is 4.85. The Kier molecular flexibility index (Phi) is 3.83. The van der Waals surface area contributed by atoms with Gasteiger partial charge in [-0.2, -0.15) is 0 Å². The molecule has 1 rings (SSSR count). The van der Waals surface area contributed by atoms with Crippen LogP contribution in [0, 0.1) is 0 Å². The average molecular weight is 179 g/mol. The summed E-state index contributed by atoms with van der Waals surface area (Å²) < 4.78 is 0.